The molecule has 1 N–H and O–H groups in total. The van der Waals surface area contributed by atoms with E-state index in [9.17, 15) is 4.79 Å². The Bertz CT molecular complexity index is 374. The molecule has 4 nitrogen and oxygen atoms in total. The van der Waals surface area contributed by atoms with E-state index in [1.807, 2.05) is 0 Å². The highest BCUT2D eigenvalue weighted by Crippen LogP contribution is 2.26. The summed E-state index contributed by atoms with van der Waals surface area (Å²) in [6.07, 6.45) is 0. The van der Waals surface area contributed by atoms with Crippen molar-refractivity contribution in [2.75, 3.05) is 18.0 Å². The lowest BCUT2D eigenvalue weighted by Gasteiger charge is -2.21. The summed E-state index contributed by atoms with van der Waals surface area (Å²) in [6, 6.07) is 0. The normalized spacial score (nSPS) is 10.8. The summed E-state index contributed by atoms with van der Waals surface area (Å²) < 4.78 is 0. The first-order valence-corrected chi connectivity index (χ1v) is 6.23. The molecule has 0 bridgehead atoms. The highest BCUT2D eigenvalue weighted by atomic mass is 32.1. The van der Waals surface area contributed by atoms with Crippen molar-refractivity contribution in [3.63, 3.8) is 0 Å². The number of aromatic carboxylic acids is 1. The van der Waals surface area contributed by atoms with Gasteiger partial charge in [-0.1, -0.05) is 25.2 Å². The van der Waals surface area contributed by atoms with Gasteiger partial charge in [0.2, 0.25) is 0 Å². The number of anilines is 1. The van der Waals surface area contributed by atoms with Crippen LogP contribution < -0.4 is 4.90 Å². The minimum Gasteiger partial charge on any atom is -0.477 e. The van der Waals surface area contributed by atoms with Crippen LogP contribution in [0, 0.1) is 12.8 Å². The molecule has 0 radical (unpaired) electrons. The van der Waals surface area contributed by atoms with Crippen LogP contribution >= 0.6 is 11.3 Å². The molecule has 0 fully saturated rings. The summed E-state index contributed by atoms with van der Waals surface area (Å²) in [4.78, 5) is 17.7. The van der Waals surface area contributed by atoms with Crippen molar-refractivity contribution in [1.82, 2.24) is 4.98 Å². The second-order valence-corrected chi connectivity index (χ2v) is 5.13. The summed E-state index contributed by atoms with van der Waals surface area (Å²) in [7, 11) is 0. The first-order chi connectivity index (χ1) is 7.45. The molecule has 0 spiro atoms. The van der Waals surface area contributed by atoms with Gasteiger partial charge in [-0.2, -0.15) is 0 Å². The van der Waals surface area contributed by atoms with Crippen molar-refractivity contribution < 1.29 is 9.90 Å². The number of nitrogens with zero attached hydrogens (tertiary/aromatic N) is 2. The predicted octanol–water partition coefficient (Wildman–Crippen LogP) is 2.63. The zero-order chi connectivity index (χ0) is 12.3. The Morgan fingerprint density at radius 2 is 2.19 bits per heavy atom. The van der Waals surface area contributed by atoms with Crippen LogP contribution in [0.3, 0.4) is 0 Å². The Hall–Kier alpha value is -1.10. The van der Waals surface area contributed by atoms with Crippen LogP contribution in [0.2, 0.25) is 0 Å². The Balaban J connectivity index is 2.93. The molecule has 1 aromatic rings. The van der Waals surface area contributed by atoms with Gasteiger partial charge in [-0.05, 0) is 19.8 Å². The van der Waals surface area contributed by atoms with E-state index in [0.717, 1.165) is 18.2 Å². The fourth-order valence-corrected chi connectivity index (χ4v) is 2.48. The molecule has 1 aromatic heterocycles. The maximum atomic E-state index is 10.9. The Morgan fingerprint density at radius 3 is 2.56 bits per heavy atom. The highest BCUT2D eigenvalue weighted by molar-refractivity contribution is 7.17. The lowest BCUT2D eigenvalue weighted by atomic mass is 10.2. The quantitative estimate of drug-likeness (QED) is 0.862. The van der Waals surface area contributed by atoms with E-state index in [2.05, 4.69) is 30.7 Å². The minimum atomic E-state index is -0.887. The molecule has 5 heteroatoms. The van der Waals surface area contributed by atoms with Crippen LogP contribution in [0.15, 0.2) is 0 Å². The minimum absolute atomic E-state index is 0.345. The monoisotopic (exact) mass is 242 g/mol. The van der Waals surface area contributed by atoms with Crippen molar-refractivity contribution in [2.24, 2.45) is 5.92 Å². The summed E-state index contributed by atoms with van der Waals surface area (Å²) in [5.74, 6) is -0.348. The van der Waals surface area contributed by atoms with Gasteiger partial charge in [-0.3, -0.25) is 0 Å². The van der Waals surface area contributed by atoms with Gasteiger partial charge in [0.1, 0.15) is 4.88 Å². The molecule has 0 aliphatic carbocycles. The van der Waals surface area contributed by atoms with E-state index in [-0.39, 0.29) is 0 Å². The van der Waals surface area contributed by atoms with Crippen molar-refractivity contribution in [2.45, 2.75) is 27.7 Å². The van der Waals surface area contributed by atoms with Crippen LogP contribution in [0.4, 0.5) is 5.13 Å². The van der Waals surface area contributed by atoms with Gasteiger partial charge in [-0.15, -0.1) is 0 Å². The van der Waals surface area contributed by atoms with Gasteiger partial charge < -0.3 is 10.0 Å². The molecule has 16 heavy (non-hydrogen) atoms. The van der Waals surface area contributed by atoms with Crippen LogP contribution in [0.5, 0.6) is 0 Å². The molecule has 0 unspecified atom stereocenters. The van der Waals surface area contributed by atoms with Crippen molar-refractivity contribution >= 4 is 22.4 Å². The molecule has 0 amide bonds. The van der Waals surface area contributed by atoms with E-state index < -0.39 is 5.97 Å². The third kappa shape index (κ3) is 2.95. The number of aromatic nitrogens is 1. The summed E-state index contributed by atoms with van der Waals surface area (Å²) >= 11 is 1.26. The number of hydrogen-bond donors (Lipinski definition) is 1. The average Bonchev–Trinajstić information content (AvgIpc) is 2.56. The third-order valence-electron chi connectivity index (χ3n) is 2.22. The Morgan fingerprint density at radius 1 is 1.56 bits per heavy atom. The van der Waals surface area contributed by atoms with E-state index >= 15 is 0 Å². The largest absolute Gasteiger partial charge is 0.477 e. The van der Waals surface area contributed by atoms with E-state index in [0.29, 0.717) is 16.5 Å². The third-order valence-corrected chi connectivity index (χ3v) is 3.42. The second kappa shape index (κ2) is 5.30. The van der Waals surface area contributed by atoms with Gasteiger partial charge in [0.05, 0.1) is 5.69 Å². The Labute approximate surface area is 99.9 Å². The molecule has 0 saturated heterocycles. The number of carboxylic acids is 1. The van der Waals surface area contributed by atoms with E-state index in [1.54, 1.807) is 6.92 Å². The van der Waals surface area contributed by atoms with Gasteiger partial charge >= 0.3 is 5.97 Å². The SMILES string of the molecule is CCN(CC(C)C)c1nc(C)c(C(=O)O)s1. The lowest BCUT2D eigenvalue weighted by molar-refractivity contribution is 0.0701. The molecule has 0 atom stereocenters. The zero-order valence-corrected chi connectivity index (χ0v) is 11.0. The van der Waals surface area contributed by atoms with Crippen LogP contribution in [0.1, 0.15) is 36.1 Å². The van der Waals surface area contributed by atoms with Crippen LogP contribution in [-0.4, -0.2) is 29.1 Å². The zero-order valence-electron chi connectivity index (χ0n) is 10.1. The molecule has 90 valence electrons. The van der Waals surface area contributed by atoms with E-state index in [1.165, 1.54) is 11.3 Å². The first-order valence-electron chi connectivity index (χ1n) is 5.41. The fraction of sp³-hybridized carbons (Fsp3) is 0.636. The molecule has 0 aliphatic rings. The molecular weight excluding hydrogens is 224 g/mol. The maximum Gasteiger partial charge on any atom is 0.347 e. The van der Waals surface area contributed by atoms with Gasteiger partial charge in [0.25, 0.3) is 0 Å². The van der Waals surface area contributed by atoms with Crippen molar-refractivity contribution in [3.8, 4) is 0 Å². The summed E-state index contributed by atoms with van der Waals surface area (Å²) in [5, 5.41) is 9.78. The second-order valence-electron chi connectivity index (χ2n) is 4.15. The molecule has 0 aromatic carbocycles. The number of thiazole rings is 1. The smallest absolute Gasteiger partial charge is 0.347 e. The molecule has 0 saturated carbocycles. The van der Waals surface area contributed by atoms with Crippen molar-refractivity contribution in [3.05, 3.63) is 10.6 Å². The van der Waals surface area contributed by atoms with Gasteiger partial charge in [-0.25, -0.2) is 9.78 Å². The number of aryl methyl sites for hydroxylation is 1. The molecule has 0 aliphatic heterocycles. The number of carboxylic acid groups (broad SMARTS) is 1. The highest BCUT2D eigenvalue weighted by Gasteiger charge is 2.17. The van der Waals surface area contributed by atoms with Crippen LogP contribution in [-0.2, 0) is 0 Å². The predicted molar refractivity (Wildman–Crippen MR) is 66.5 cm³/mol. The lowest BCUT2D eigenvalue weighted by Crippen LogP contribution is -2.26. The summed E-state index contributed by atoms with van der Waals surface area (Å²) in [6.45, 7) is 9.83. The van der Waals surface area contributed by atoms with Gasteiger partial charge in [0.15, 0.2) is 5.13 Å². The van der Waals surface area contributed by atoms with E-state index in [4.69, 9.17) is 5.11 Å². The maximum absolute atomic E-state index is 10.9. The first kappa shape index (κ1) is 13.0. The molecule has 1 heterocycles. The number of carbonyl (C=O) groups is 1. The standard InChI is InChI=1S/C11H18N2O2S/c1-5-13(6-7(2)3)11-12-8(4)9(16-11)10(14)15/h7H,5-6H2,1-4H3,(H,14,15). The molecule has 1 rings (SSSR count). The Kier molecular flexibility index (Phi) is 4.29. The number of rotatable bonds is 5. The average molecular weight is 242 g/mol. The topological polar surface area (TPSA) is 53.4 Å². The van der Waals surface area contributed by atoms with Gasteiger partial charge in [0, 0.05) is 13.1 Å². The fourth-order valence-electron chi connectivity index (χ4n) is 1.50. The number of hydrogen-bond acceptors (Lipinski definition) is 4. The summed E-state index contributed by atoms with van der Waals surface area (Å²) in [5.41, 5.74) is 0.606. The van der Waals surface area contributed by atoms with Crippen LogP contribution in [0.25, 0.3) is 0 Å². The molecular formula is C11H18N2O2S. The van der Waals surface area contributed by atoms with Crippen molar-refractivity contribution in [1.29, 1.82) is 0 Å².